The molecule has 130 valence electrons. The van der Waals surface area contributed by atoms with Crippen LogP contribution in [0.4, 0.5) is 13.2 Å². The molecule has 2 heterocycles. The Kier molecular flexibility index (Phi) is 4.20. The second-order valence-electron chi connectivity index (χ2n) is 5.37. The van der Waals surface area contributed by atoms with E-state index in [1.165, 1.54) is 19.2 Å². The first-order chi connectivity index (χ1) is 11.8. The van der Waals surface area contributed by atoms with E-state index in [0.717, 1.165) is 21.8 Å². The fourth-order valence-electron chi connectivity index (χ4n) is 2.67. The number of carbonyl (C=O) groups excluding carboxylic acids is 1. The van der Waals surface area contributed by atoms with E-state index < -0.39 is 23.4 Å². The molecule has 1 aromatic carbocycles. The van der Waals surface area contributed by atoms with E-state index in [1.54, 1.807) is 18.3 Å². The minimum Gasteiger partial charge on any atom is -0.462 e. The summed E-state index contributed by atoms with van der Waals surface area (Å²) in [6.45, 7) is 3.31. The van der Waals surface area contributed by atoms with Crippen molar-refractivity contribution in [2.45, 2.75) is 20.0 Å². The SMILES string of the molecule is CCOC(=O)c1cnn(-c2cccc3c(C)cncc23)c1C(F)(F)F. The number of pyridine rings is 1. The molecule has 0 aliphatic rings. The molecule has 2 aromatic heterocycles. The number of fused-ring (bicyclic) bond motifs is 1. The van der Waals surface area contributed by atoms with Crippen LogP contribution in [0.3, 0.4) is 0 Å². The summed E-state index contributed by atoms with van der Waals surface area (Å²) in [6.07, 6.45) is -0.797. The van der Waals surface area contributed by atoms with Crippen LogP contribution in [-0.4, -0.2) is 27.3 Å². The van der Waals surface area contributed by atoms with Crippen molar-refractivity contribution in [2.24, 2.45) is 0 Å². The lowest BCUT2D eigenvalue weighted by molar-refractivity contribution is -0.143. The maximum absolute atomic E-state index is 13.6. The number of nitrogens with zero attached hydrogens (tertiary/aromatic N) is 3. The molecule has 0 amide bonds. The number of hydrogen-bond acceptors (Lipinski definition) is 4. The normalized spacial score (nSPS) is 11.7. The molecule has 0 saturated carbocycles. The van der Waals surface area contributed by atoms with Gasteiger partial charge < -0.3 is 4.74 Å². The molecule has 0 aliphatic heterocycles. The van der Waals surface area contributed by atoms with Crippen LogP contribution < -0.4 is 0 Å². The van der Waals surface area contributed by atoms with Gasteiger partial charge in [-0.05, 0) is 30.9 Å². The maximum Gasteiger partial charge on any atom is 0.434 e. The van der Waals surface area contributed by atoms with Gasteiger partial charge in [-0.25, -0.2) is 9.48 Å². The van der Waals surface area contributed by atoms with E-state index in [4.69, 9.17) is 4.74 Å². The first-order valence-electron chi connectivity index (χ1n) is 7.50. The van der Waals surface area contributed by atoms with Crippen molar-refractivity contribution in [3.05, 3.63) is 53.6 Å². The second kappa shape index (κ2) is 6.19. The summed E-state index contributed by atoms with van der Waals surface area (Å²) in [5.41, 5.74) is -0.769. The van der Waals surface area contributed by atoms with Gasteiger partial charge in [0.1, 0.15) is 5.56 Å². The van der Waals surface area contributed by atoms with Crippen molar-refractivity contribution in [3.8, 4) is 5.69 Å². The summed E-state index contributed by atoms with van der Waals surface area (Å²) in [4.78, 5) is 15.9. The second-order valence-corrected chi connectivity index (χ2v) is 5.37. The Morgan fingerprint density at radius 2 is 1.96 bits per heavy atom. The van der Waals surface area contributed by atoms with Gasteiger partial charge in [0, 0.05) is 17.8 Å². The van der Waals surface area contributed by atoms with Gasteiger partial charge >= 0.3 is 12.1 Å². The molecule has 5 nitrogen and oxygen atoms in total. The minimum absolute atomic E-state index is 0.0291. The molecule has 0 radical (unpaired) electrons. The number of ether oxygens (including phenoxy) is 1. The highest BCUT2D eigenvalue weighted by Crippen LogP contribution is 2.35. The molecule has 0 saturated heterocycles. The van der Waals surface area contributed by atoms with Crippen LogP contribution in [0, 0.1) is 6.92 Å². The van der Waals surface area contributed by atoms with E-state index in [1.807, 2.05) is 6.92 Å². The largest absolute Gasteiger partial charge is 0.462 e. The lowest BCUT2D eigenvalue weighted by Crippen LogP contribution is -2.18. The van der Waals surface area contributed by atoms with Crippen molar-refractivity contribution in [1.82, 2.24) is 14.8 Å². The van der Waals surface area contributed by atoms with Gasteiger partial charge in [-0.15, -0.1) is 0 Å². The van der Waals surface area contributed by atoms with Crippen LogP contribution in [0.15, 0.2) is 36.8 Å². The highest BCUT2D eigenvalue weighted by molar-refractivity contribution is 5.93. The van der Waals surface area contributed by atoms with Crippen molar-refractivity contribution in [1.29, 1.82) is 0 Å². The third kappa shape index (κ3) is 2.95. The molecule has 0 bridgehead atoms. The van der Waals surface area contributed by atoms with Crippen molar-refractivity contribution in [2.75, 3.05) is 6.61 Å². The molecule has 3 rings (SSSR count). The zero-order valence-corrected chi connectivity index (χ0v) is 13.5. The van der Waals surface area contributed by atoms with Gasteiger partial charge in [-0.2, -0.15) is 18.3 Å². The van der Waals surface area contributed by atoms with E-state index >= 15 is 0 Å². The number of carbonyl (C=O) groups is 1. The molecule has 0 aliphatic carbocycles. The molecule has 0 unspecified atom stereocenters. The number of alkyl halides is 3. The third-order valence-corrected chi connectivity index (χ3v) is 3.74. The third-order valence-electron chi connectivity index (χ3n) is 3.74. The average molecular weight is 349 g/mol. The van der Waals surface area contributed by atoms with Crippen LogP contribution in [0.1, 0.15) is 28.5 Å². The molecule has 3 aromatic rings. The van der Waals surface area contributed by atoms with Crippen LogP contribution in [0.5, 0.6) is 0 Å². The van der Waals surface area contributed by atoms with Crippen LogP contribution >= 0.6 is 0 Å². The van der Waals surface area contributed by atoms with Crippen LogP contribution in [-0.2, 0) is 10.9 Å². The number of benzene rings is 1. The molecular weight excluding hydrogens is 335 g/mol. The monoisotopic (exact) mass is 349 g/mol. The molecule has 0 N–H and O–H groups in total. The van der Waals surface area contributed by atoms with Gasteiger partial charge in [-0.1, -0.05) is 12.1 Å². The molecule has 0 fully saturated rings. The first-order valence-corrected chi connectivity index (χ1v) is 7.50. The Hall–Kier alpha value is -2.90. The Labute approximate surface area is 141 Å². The quantitative estimate of drug-likeness (QED) is 0.673. The Bertz CT molecular complexity index is 948. The number of esters is 1. The van der Waals surface area contributed by atoms with Crippen molar-refractivity contribution < 1.29 is 22.7 Å². The summed E-state index contributed by atoms with van der Waals surface area (Å²) in [6, 6.07) is 4.93. The van der Waals surface area contributed by atoms with Gasteiger partial charge in [-0.3, -0.25) is 4.98 Å². The summed E-state index contributed by atoms with van der Waals surface area (Å²) in [5.74, 6) is -1.06. The summed E-state index contributed by atoms with van der Waals surface area (Å²) >= 11 is 0. The number of rotatable bonds is 3. The fourth-order valence-corrected chi connectivity index (χ4v) is 2.67. The van der Waals surface area contributed by atoms with Crippen molar-refractivity contribution >= 4 is 16.7 Å². The predicted octanol–water partition coefficient (Wildman–Crippen LogP) is 3.92. The van der Waals surface area contributed by atoms with Gasteiger partial charge in [0.2, 0.25) is 0 Å². The molecular formula is C17H14F3N3O2. The number of hydrogen-bond donors (Lipinski definition) is 0. The predicted molar refractivity (Wildman–Crippen MR) is 84.6 cm³/mol. The van der Waals surface area contributed by atoms with E-state index in [0.29, 0.717) is 5.39 Å². The standard InChI is InChI=1S/C17H14F3N3O2/c1-3-25-16(24)13-9-22-23(15(13)17(18,19)20)14-6-4-5-11-10(2)7-21-8-12(11)14/h4-9H,3H2,1-2H3. The highest BCUT2D eigenvalue weighted by Gasteiger charge is 2.41. The fraction of sp³-hybridized carbons (Fsp3) is 0.235. The Morgan fingerprint density at radius 1 is 1.20 bits per heavy atom. The van der Waals surface area contributed by atoms with Gasteiger partial charge in [0.15, 0.2) is 5.69 Å². The topological polar surface area (TPSA) is 57.0 Å². The zero-order chi connectivity index (χ0) is 18.2. The lowest BCUT2D eigenvalue weighted by Gasteiger charge is -2.14. The van der Waals surface area contributed by atoms with Gasteiger partial charge in [0.25, 0.3) is 0 Å². The Balaban J connectivity index is 2.29. The van der Waals surface area contributed by atoms with Gasteiger partial charge in [0.05, 0.1) is 18.5 Å². The Morgan fingerprint density at radius 3 is 2.64 bits per heavy atom. The summed E-state index contributed by atoms with van der Waals surface area (Å²) in [5, 5.41) is 5.07. The molecule has 25 heavy (non-hydrogen) atoms. The lowest BCUT2D eigenvalue weighted by atomic mass is 10.1. The maximum atomic E-state index is 13.6. The first kappa shape index (κ1) is 16.9. The zero-order valence-electron chi connectivity index (χ0n) is 13.5. The van der Waals surface area contributed by atoms with Crippen LogP contribution in [0.25, 0.3) is 16.5 Å². The highest BCUT2D eigenvalue weighted by atomic mass is 19.4. The summed E-state index contributed by atoms with van der Waals surface area (Å²) in [7, 11) is 0. The average Bonchev–Trinajstić information content (AvgIpc) is 3.00. The molecule has 0 atom stereocenters. The number of aryl methyl sites for hydroxylation is 1. The van der Waals surface area contributed by atoms with E-state index in [2.05, 4.69) is 10.1 Å². The smallest absolute Gasteiger partial charge is 0.434 e. The van der Waals surface area contributed by atoms with E-state index in [-0.39, 0.29) is 12.3 Å². The summed E-state index contributed by atoms with van der Waals surface area (Å²) < 4.78 is 46.3. The minimum atomic E-state index is -4.78. The number of aromatic nitrogens is 3. The van der Waals surface area contributed by atoms with Crippen LogP contribution in [0.2, 0.25) is 0 Å². The number of halogens is 3. The molecule has 8 heteroatoms. The van der Waals surface area contributed by atoms with E-state index in [9.17, 15) is 18.0 Å². The molecule has 0 spiro atoms. The van der Waals surface area contributed by atoms with Crippen molar-refractivity contribution in [3.63, 3.8) is 0 Å².